The van der Waals surface area contributed by atoms with Crippen molar-refractivity contribution in [2.75, 3.05) is 26.4 Å². The normalized spacial score (nSPS) is 12.2. The first kappa shape index (κ1) is 42.1. The fourth-order valence-electron chi connectivity index (χ4n) is 4.80. The van der Waals surface area contributed by atoms with Crippen LogP contribution in [0.25, 0.3) is 0 Å². The van der Waals surface area contributed by atoms with Gasteiger partial charge in [-0.05, 0) is 52.7 Å². The number of esters is 1. The molecule has 16 heteroatoms. The van der Waals surface area contributed by atoms with Gasteiger partial charge in [0.25, 0.3) is 0 Å². The van der Waals surface area contributed by atoms with E-state index in [9.17, 15) is 29.4 Å². The van der Waals surface area contributed by atoms with Gasteiger partial charge in [0.05, 0.1) is 37.4 Å². The summed E-state index contributed by atoms with van der Waals surface area (Å²) < 4.78 is 22.0. The maximum absolute atomic E-state index is 13.3. The summed E-state index contributed by atoms with van der Waals surface area (Å²) in [6.45, 7) is 10.0. The van der Waals surface area contributed by atoms with Crippen LogP contribution >= 0.6 is 0 Å². The van der Waals surface area contributed by atoms with E-state index in [1.165, 1.54) is 18.2 Å². The maximum Gasteiger partial charge on any atom is 0.407 e. The molecule has 0 aliphatic heterocycles. The number of aromatic nitrogens is 3. The predicted molar refractivity (Wildman–Crippen MR) is 177 cm³/mol. The van der Waals surface area contributed by atoms with Gasteiger partial charge in [0.2, 0.25) is 11.8 Å². The van der Waals surface area contributed by atoms with E-state index in [0.717, 1.165) is 17.9 Å². The monoisotopic (exact) mass is 714 g/mol. The number of pyridine rings is 1. The van der Waals surface area contributed by atoms with Crippen LogP contribution in [-0.4, -0.2) is 86.9 Å². The number of hydrogen-bond donors (Lipinski definition) is 3. The SMILES string of the molecule is CCCc1oc(C(CO)CC(=O)c2cccc(C(=O)CC(CO)c3nc(C(=O)OCC)c(CCNC(=O)OC(C)(C)C)o3)n2)nc1CC.O=C=O. The third-order valence-electron chi connectivity index (χ3n) is 7.13. The predicted octanol–water partition coefficient (Wildman–Crippen LogP) is 3.93. The molecular weight excluding hydrogens is 668 g/mol. The van der Waals surface area contributed by atoms with Gasteiger partial charge in [-0.1, -0.05) is 19.9 Å². The molecule has 0 aromatic carbocycles. The number of hydrogen-bond acceptors (Lipinski definition) is 15. The van der Waals surface area contributed by atoms with Crippen molar-refractivity contribution in [3.05, 3.63) is 64.3 Å². The minimum absolute atomic E-state index is 0.0200. The van der Waals surface area contributed by atoms with Gasteiger partial charge in [0, 0.05) is 32.2 Å². The number of ketones is 2. The molecule has 0 aliphatic carbocycles. The third-order valence-corrected chi connectivity index (χ3v) is 7.13. The lowest BCUT2D eigenvalue weighted by molar-refractivity contribution is -0.191. The second kappa shape index (κ2) is 20.6. The molecule has 16 nitrogen and oxygen atoms in total. The Balaban J connectivity index is 0.00000290. The minimum atomic E-state index is -0.951. The van der Waals surface area contributed by atoms with Gasteiger partial charge in [0.15, 0.2) is 17.3 Å². The van der Waals surface area contributed by atoms with Crippen LogP contribution in [0, 0.1) is 0 Å². The summed E-state index contributed by atoms with van der Waals surface area (Å²) in [5.74, 6) is -2.23. The van der Waals surface area contributed by atoms with Crippen LogP contribution < -0.4 is 5.32 Å². The number of carbonyl (C=O) groups excluding carboxylic acids is 6. The van der Waals surface area contributed by atoms with Crippen molar-refractivity contribution >= 4 is 29.8 Å². The second-order valence-electron chi connectivity index (χ2n) is 12.3. The fourth-order valence-corrected chi connectivity index (χ4v) is 4.80. The number of oxazole rings is 2. The summed E-state index contributed by atoms with van der Waals surface area (Å²) in [6, 6.07) is 4.45. The molecule has 2 unspecified atom stereocenters. The quantitative estimate of drug-likeness (QED) is 0.125. The average molecular weight is 715 g/mol. The molecule has 0 spiro atoms. The summed E-state index contributed by atoms with van der Waals surface area (Å²) >= 11 is 0. The lowest BCUT2D eigenvalue weighted by Gasteiger charge is -2.19. The van der Waals surface area contributed by atoms with E-state index in [2.05, 4.69) is 20.3 Å². The van der Waals surface area contributed by atoms with E-state index >= 15 is 0 Å². The topological polar surface area (TPSA) is 238 Å². The lowest BCUT2D eigenvalue weighted by atomic mass is 9.99. The van der Waals surface area contributed by atoms with Crippen LogP contribution in [0.5, 0.6) is 0 Å². The molecule has 0 radical (unpaired) electrons. The van der Waals surface area contributed by atoms with Gasteiger partial charge in [-0.15, -0.1) is 0 Å². The summed E-state index contributed by atoms with van der Waals surface area (Å²) in [7, 11) is 0. The van der Waals surface area contributed by atoms with Crippen molar-refractivity contribution in [2.24, 2.45) is 0 Å². The number of aliphatic hydroxyl groups is 2. The molecule has 0 fully saturated rings. The summed E-state index contributed by atoms with van der Waals surface area (Å²) in [5.41, 5.74) is -0.0258. The molecule has 51 heavy (non-hydrogen) atoms. The Bertz CT molecular complexity index is 1650. The number of rotatable bonds is 18. The van der Waals surface area contributed by atoms with Crippen molar-refractivity contribution in [1.82, 2.24) is 20.3 Å². The molecule has 3 aromatic heterocycles. The van der Waals surface area contributed by atoms with Crippen LogP contribution in [-0.2, 0) is 38.3 Å². The first-order valence-electron chi connectivity index (χ1n) is 16.6. The Hall–Kier alpha value is -5.05. The van der Waals surface area contributed by atoms with Crippen molar-refractivity contribution < 1.29 is 57.3 Å². The fraction of sp³-hybridized carbons (Fsp3) is 0.543. The van der Waals surface area contributed by atoms with Crippen molar-refractivity contribution in [3.8, 4) is 0 Å². The molecule has 3 N–H and O–H groups in total. The van der Waals surface area contributed by atoms with Crippen molar-refractivity contribution in [3.63, 3.8) is 0 Å². The number of amides is 1. The zero-order valence-electron chi connectivity index (χ0n) is 29.8. The van der Waals surface area contributed by atoms with Crippen LogP contribution in [0.2, 0.25) is 0 Å². The molecular formula is C35H46N4O12. The number of nitrogens with zero attached hydrogens (tertiary/aromatic N) is 3. The Morgan fingerprint density at radius 3 is 1.90 bits per heavy atom. The molecule has 0 saturated heterocycles. The average Bonchev–Trinajstić information content (AvgIpc) is 3.70. The highest BCUT2D eigenvalue weighted by atomic mass is 16.6. The Morgan fingerprint density at radius 2 is 1.41 bits per heavy atom. The molecule has 278 valence electrons. The highest BCUT2D eigenvalue weighted by molar-refractivity contribution is 5.98. The number of aliphatic hydroxyl groups excluding tert-OH is 2. The summed E-state index contributed by atoms with van der Waals surface area (Å²) in [6.07, 6.45) is 1.46. The first-order valence-corrected chi connectivity index (χ1v) is 16.6. The van der Waals surface area contributed by atoms with Gasteiger partial charge in [-0.25, -0.2) is 24.5 Å². The molecule has 3 heterocycles. The van der Waals surface area contributed by atoms with Gasteiger partial charge in [-0.2, -0.15) is 9.59 Å². The van der Waals surface area contributed by atoms with Crippen LogP contribution in [0.1, 0.15) is 133 Å². The van der Waals surface area contributed by atoms with Crippen LogP contribution in [0.4, 0.5) is 4.79 Å². The van der Waals surface area contributed by atoms with Gasteiger partial charge in [-0.3, -0.25) is 9.59 Å². The van der Waals surface area contributed by atoms with E-state index < -0.39 is 47.7 Å². The zero-order valence-corrected chi connectivity index (χ0v) is 29.8. The first-order chi connectivity index (χ1) is 24.2. The maximum atomic E-state index is 13.3. The van der Waals surface area contributed by atoms with Crippen molar-refractivity contribution in [1.29, 1.82) is 0 Å². The molecule has 0 bridgehead atoms. The van der Waals surface area contributed by atoms with Crippen molar-refractivity contribution in [2.45, 2.75) is 97.5 Å². The Labute approximate surface area is 295 Å². The van der Waals surface area contributed by atoms with Crippen LogP contribution in [0.15, 0.2) is 27.0 Å². The number of Topliss-reactive ketones (excluding diaryl/α,β-unsaturated/α-hetero) is 2. The second-order valence-corrected chi connectivity index (χ2v) is 12.3. The standard InChI is InChI=1S/C34H46N4O10.CO2/c1-7-11-27-22(8-2)37-30(46-27)20(18-39)16-25(41)23-12-10-13-24(36-23)26(42)17-21(19-40)31-38-29(32(43)45-9-3)28(47-31)14-15-35-33(44)48-34(4,5)6;2-1-3/h10,12-13,20-21,39-40H,7-9,11,14-19H2,1-6H3,(H,35,44);. The van der Waals surface area contributed by atoms with Gasteiger partial charge in [0.1, 0.15) is 28.5 Å². The van der Waals surface area contributed by atoms with E-state index in [1.807, 2.05) is 13.8 Å². The highest BCUT2D eigenvalue weighted by Gasteiger charge is 2.29. The zero-order chi connectivity index (χ0) is 38.1. The molecule has 2 atom stereocenters. The molecule has 3 rings (SSSR count). The highest BCUT2D eigenvalue weighted by Crippen LogP contribution is 2.26. The van der Waals surface area contributed by atoms with E-state index in [1.54, 1.807) is 27.7 Å². The number of carbonyl (C=O) groups is 4. The Morgan fingerprint density at radius 1 is 0.863 bits per heavy atom. The number of nitrogens with one attached hydrogen (secondary N) is 1. The third kappa shape index (κ3) is 13.0. The van der Waals surface area contributed by atoms with Crippen LogP contribution in [0.3, 0.4) is 0 Å². The number of aryl methyl sites for hydroxylation is 2. The number of ether oxygens (including phenoxy) is 2. The minimum Gasteiger partial charge on any atom is -0.461 e. The molecule has 3 aromatic rings. The Kier molecular flexibility index (Phi) is 17.0. The van der Waals surface area contributed by atoms with E-state index in [4.69, 9.17) is 27.9 Å². The largest absolute Gasteiger partial charge is 0.461 e. The molecule has 0 saturated carbocycles. The van der Waals surface area contributed by atoms with E-state index in [-0.39, 0.29) is 79.8 Å². The molecule has 0 aliphatic rings. The van der Waals surface area contributed by atoms with Gasteiger partial charge >= 0.3 is 18.2 Å². The molecule has 1 amide bonds. The lowest BCUT2D eigenvalue weighted by Crippen LogP contribution is -2.33. The smallest absolute Gasteiger partial charge is 0.407 e. The van der Waals surface area contributed by atoms with E-state index in [0.29, 0.717) is 12.8 Å². The summed E-state index contributed by atoms with van der Waals surface area (Å²) in [5, 5.41) is 22.8. The van der Waals surface area contributed by atoms with Gasteiger partial charge < -0.3 is 33.8 Å². The number of alkyl carbamates (subject to hydrolysis) is 1. The summed E-state index contributed by atoms with van der Waals surface area (Å²) in [4.78, 5) is 80.4.